The van der Waals surface area contributed by atoms with Gasteiger partial charge >= 0.3 is 0 Å². The number of aromatic amines is 1. The van der Waals surface area contributed by atoms with Crippen LogP contribution in [0.2, 0.25) is 0 Å². The molecule has 8 heteroatoms. The minimum atomic E-state index is -0.607. The van der Waals surface area contributed by atoms with E-state index in [1.165, 1.54) is 0 Å². The molecule has 166 valence electrons. The Hall–Kier alpha value is -2.90. The Morgan fingerprint density at radius 2 is 1.97 bits per heavy atom. The number of anilines is 1. The van der Waals surface area contributed by atoms with Crippen LogP contribution in [0, 0.1) is 19.3 Å². The summed E-state index contributed by atoms with van der Waals surface area (Å²) < 4.78 is 0. The number of hydrogen-bond acceptors (Lipinski definition) is 5. The lowest BCUT2D eigenvalue weighted by Gasteiger charge is -2.39. The second-order valence-electron chi connectivity index (χ2n) is 9.08. The number of aryl methyl sites for hydroxylation is 2. The molecule has 1 atom stereocenters. The van der Waals surface area contributed by atoms with Crippen molar-refractivity contribution in [2.45, 2.75) is 53.0 Å². The Balaban J connectivity index is 1.43. The molecule has 8 nitrogen and oxygen atoms in total. The standard InChI is InChI=1S/C23H32N6O2/c1-16-19(17(2)27-26-16)14-25-22(31)23(3)8-6-12-29(15-23)21(30)18-7-9-24-20(13-18)28-10-4-5-11-28/h7,9,13H,4-6,8,10-12,14-15H2,1-3H3,(H,25,31)(H,26,27). The van der Waals surface area contributed by atoms with Crippen molar-refractivity contribution in [2.24, 2.45) is 5.41 Å². The zero-order valence-electron chi connectivity index (χ0n) is 18.7. The molecule has 2 fully saturated rings. The molecular weight excluding hydrogens is 392 g/mol. The average molecular weight is 425 g/mol. The van der Waals surface area contributed by atoms with E-state index in [-0.39, 0.29) is 11.8 Å². The number of nitrogens with zero attached hydrogens (tertiary/aromatic N) is 4. The van der Waals surface area contributed by atoms with E-state index in [0.717, 1.165) is 61.5 Å². The number of likely N-dealkylation sites (tertiary alicyclic amines) is 1. The molecular formula is C23H32N6O2. The SMILES string of the molecule is Cc1n[nH]c(C)c1CNC(=O)C1(C)CCCN(C(=O)c2ccnc(N3CCCC3)c2)C1. The van der Waals surface area contributed by atoms with Gasteiger partial charge in [0, 0.05) is 55.7 Å². The van der Waals surface area contributed by atoms with Crippen LogP contribution in [0.25, 0.3) is 0 Å². The van der Waals surface area contributed by atoms with Crippen molar-refractivity contribution in [3.63, 3.8) is 0 Å². The van der Waals surface area contributed by atoms with Crippen LogP contribution in [0.4, 0.5) is 5.82 Å². The van der Waals surface area contributed by atoms with Gasteiger partial charge < -0.3 is 15.1 Å². The quantitative estimate of drug-likeness (QED) is 0.769. The molecule has 0 aliphatic carbocycles. The lowest BCUT2D eigenvalue weighted by molar-refractivity contribution is -0.132. The number of carbonyl (C=O) groups excluding carboxylic acids is 2. The first-order valence-electron chi connectivity index (χ1n) is 11.2. The molecule has 0 saturated carbocycles. The molecule has 4 rings (SSSR count). The fourth-order valence-corrected chi connectivity index (χ4v) is 4.67. The number of amides is 2. The highest BCUT2D eigenvalue weighted by Gasteiger charge is 2.39. The van der Waals surface area contributed by atoms with E-state index in [9.17, 15) is 9.59 Å². The van der Waals surface area contributed by atoms with Crippen molar-refractivity contribution in [3.05, 3.63) is 40.8 Å². The summed E-state index contributed by atoms with van der Waals surface area (Å²) in [6.07, 6.45) is 5.62. The number of piperidine rings is 1. The molecule has 2 saturated heterocycles. The summed E-state index contributed by atoms with van der Waals surface area (Å²) in [7, 11) is 0. The Labute approximate surface area is 183 Å². The first-order chi connectivity index (χ1) is 14.9. The van der Waals surface area contributed by atoms with Crippen LogP contribution in [0.1, 0.15) is 59.9 Å². The molecule has 1 unspecified atom stereocenters. The van der Waals surface area contributed by atoms with Gasteiger partial charge in [0.25, 0.3) is 5.91 Å². The summed E-state index contributed by atoms with van der Waals surface area (Å²) in [6, 6.07) is 3.67. The predicted molar refractivity (Wildman–Crippen MR) is 119 cm³/mol. The minimum Gasteiger partial charge on any atom is -0.357 e. The molecule has 2 aromatic heterocycles. The second-order valence-corrected chi connectivity index (χ2v) is 9.08. The van der Waals surface area contributed by atoms with E-state index in [4.69, 9.17) is 0 Å². The Bertz CT molecular complexity index is 945. The maximum atomic E-state index is 13.2. The molecule has 2 aromatic rings. The smallest absolute Gasteiger partial charge is 0.254 e. The number of aromatic nitrogens is 3. The Kier molecular flexibility index (Phi) is 5.98. The second kappa shape index (κ2) is 8.69. The summed E-state index contributed by atoms with van der Waals surface area (Å²) in [5, 5.41) is 10.2. The number of nitrogens with one attached hydrogen (secondary N) is 2. The lowest BCUT2D eigenvalue weighted by atomic mass is 9.80. The molecule has 31 heavy (non-hydrogen) atoms. The van der Waals surface area contributed by atoms with Gasteiger partial charge in [-0.15, -0.1) is 0 Å². The van der Waals surface area contributed by atoms with Gasteiger partial charge in [0.15, 0.2) is 0 Å². The van der Waals surface area contributed by atoms with Gasteiger partial charge in [-0.05, 0) is 58.6 Å². The van der Waals surface area contributed by atoms with E-state index in [2.05, 4.69) is 25.4 Å². The third-order valence-electron chi connectivity index (χ3n) is 6.66. The first kappa shape index (κ1) is 21.3. The summed E-state index contributed by atoms with van der Waals surface area (Å²) >= 11 is 0. The highest BCUT2D eigenvalue weighted by atomic mass is 16.2. The van der Waals surface area contributed by atoms with Crippen molar-refractivity contribution >= 4 is 17.6 Å². The topological polar surface area (TPSA) is 94.2 Å². The van der Waals surface area contributed by atoms with E-state index >= 15 is 0 Å². The van der Waals surface area contributed by atoms with Gasteiger partial charge in [-0.2, -0.15) is 5.10 Å². The molecule has 2 amide bonds. The van der Waals surface area contributed by atoms with Gasteiger partial charge in [0.1, 0.15) is 5.82 Å². The van der Waals surface area contributed by atoms with Crippen LogP contribution in [0.15, 0.2) is 18.3 Å². The van der Waals surface area contributed by atoms with E-state index in [1.807, 2.05) is 31.7 Å². The fourth-order valence-electron chi connectivity index (χ4n) is 4.67. The van der Waals surface area contributed by atoms with Crippen LogP contribution in [0.5, 0.6) is 0 Å². The van der Waals surface area contributed by atoms with Gasteiger partial charge in [-0.3, -0.25) is 14.7 Å². The average Bonchev–Trinajstić information content (AvgIpc) is 3.42. The minimum absolute atomic E-state index is 0.0162. The summed E-state index contributed by atoms with van der Waals surface area (Å²) in [4.78, 5) is 34.8. The Morgan fingerprint density at radius 1 is 1.19 bits per heavy atom. The number of H-pyrrole nitrogens is 1. The van der Waals surface area contributed by atoms with Crippen molar-refractivity contribution in [1.29, 1.82) is 0 Å². The monoisotopic (exact) mass is 424 g/mol. The highest BCUT2D eigenvalue weighted by molar-refractivity contribution is 5.95. The normalized spacial score (nSPS) is 21.4. The molecule has 2 aliphatic heterocycles. The van der Waals surface area contributed by atoms with Crippen molar-refractivity contribution in [1.82, 2.24) is 25.4 Å². The zero-order valence-corrected chi connectivity index (χ0v) is 18.7. The number of hydrogen-bond donors (Lipinski definition) is 2. The van der Waals surface area contributed by atoms with Crippen molar-refractivity contribution in [2.75, 3.05) is 31.1 Å². The first-order valence-corrected chi connectivity index (χ1v) is 11.2. The summed E-state index contributed by atoms with van der Waals surface area (Å²) in [5.74, 6) is 0.826. The Morgan fingerprint density at radius 3 is 2.68 bits per heavy atom. The van der Waals surface area contributed by atoms with E-state index < -0.39 is 5.41 Å². The number of carbonyl (C=O) groups is 2. The fraction of sp³-hybridized carbons (Fsp3) is 0.565. The number of pyridine rings is 1. The zero-order chi connectivity index (χ0) is 22.0. The molecule has 0 aromatic carbocycles. The van der Waals surface area contributed by atoms with Crippen molar-refractivity contribution < 1.29 is 9.59 Å². The lowest BCUT2D eigenvalue weighted by Crippen LogP contribution is -2.51. The number of rotatable bonds is 5. The highest BCUT2D eigenvalue weighted by Crippen LogP contribution is 2.31. The maximum absolute atomic E-state index is 13.2. The third kappa shape index (κ3) is 4.43. The van der Waals surface area contributed by atoms with E-state index in [1.54, 1.807) is 12.3 Å². The van der Waals surface area contributed by atoms with E-state index in [0.29, 0.717) is 25.2 Å². The molecule has 0 bridgehead atoms. The van der Waals surface area contributed by atoms with Crippen LogP contribution in [0.3, 0.4) is 0 Å². The van der Waals surface area contributed by atoms with Crippen LogP contribution < -0.4 is 10.2 Å². The molecule has 2 N–H and O–H groups in total. The molecule has 4 heterocycles. The van der Waals surface area contributed by atoms with Gasteiger partial charge in [-0.1, -0.05) is 0 Å². The van der Waals surface area contributed by atoms with Gasteiger partial charge in [-0.25, -0.2) is 4.98 Å². The van der Waals surface area contributed by atoms with Crippen LogP contribution >= 0.6 is 0 Å². The van der Waals surface area contributed by atoms with Gasteiger partial charge in [0.2, 0.25) is 5.91 Å². The third-order valence-corrected chi connectivity index (χ3v) is 6.66. The summed E-state index contributed by atoms with van der Waals surface area (Å²) in [5.41, 5.74) is 2.92. The predicted octanol–water partition coefficient (Wildman–Crippen LogP) is 2.58. The maximum Gasteiger partial charge on any atom is 0.254 e. The molecule has 0 radical (unpaired) electrons. The van der Waals surface area contributed by atoms with Crippen LogP contribution in [-0.2, 0) is 11.3 Å². The van der Waals surface area contributed by atoms with Crippen molar-refractivity contribution in [3.8, 4) is 0 Å². The summed E-state index contributed by atoms with van der Waals surface area (Å²) in [6.45, 7) is 9.35. The molecule has 2 aliphatic rings. The largest absolute Gasteiger partial charge is 0.357 e. The van der Waals surface area contributed by atoms with Crippen LogP contribution in [-0.4, -0.2) is 58.1 Å². The molecule has 0 spiro atoms. The van der Waals surface area contributed by atoms with Gasteiger partial charge in [0.05, 0.1) is 11.1 Å².